The van der Waals surface area contributed by atoms with Gasteiger partial charge in [-0.25, -0.2) is 19.6 Å². The van der Waals surface area contributed by atoms with Crippen LogP contribution in [0.25, 0.3) is 11.0 Å². The van der Waals surface area contributed by atoms with E-state index in [9.17, 15) is 14.4 Å². The number of aryl methyl sites for hydroxylation is 3. The van der Waals surface area contributed by atoms with Crippen LogP contribution >= 0.6 is 0 Å². The van der Waals surface area contributed by atoms with Crippen LogP contribution < -0.4 is 20.6 Å². The molecule has 1 saturated heterocycles. The topological polar surface area (TPSA) is 115 Å². The number of urea groups is 1. The van der Waals surface area contributed by atoms with Crippen LogP contribution in [0.5, 0.6) is 5.75 Å². The van der Waals surface area contributed by atoms with Crippen LogP contribution in [-0.2, 0) is 20.5 Å². The van der Waals surface area contributed by atoms with Crippen molar-refractivity contribution in [1.82, 2.24) is 24.0 Å². The van der Waals surface area contributed by atoms with Gasteiger partial charge in [0.25, 0.3) is 0 Å². The second-order valence-electron chi connectivity index (χ2n) is 10.8. The Morgan fingerprint density at radius 2 is 1.78 bits per heavy atom. The van der Waals surface area contributed by atoms with Gasteiger partial charge in [-0.2, -0.15) is 0 Å². The van der Waals surface area contributed by atoms with E-state index in [4.69, 9.17) is 4.74 Å². The second kappa shape index (κ2) is 10.4. The van der Waals surface area contributed by atoms with Crippen molar-refractivity contribution in [3.63, 3.8) is 0 Å². The maximum atomic E-state index is 13.5. The summed E-state index contributed by atoms with van der Waals surface area (Å²) in [5, 5.41) is 3.06. The molecule has 11 nitrogen and oxygen atoms in total. The molecule has 0 unspecified atom stereocenters. The first-order chi connectivity index (χ1) is 19.7. The summed E-state index contributed by atoms with van der Waals surface area (Å²) < 4.78 is 8.49. The van der Waals surface area contributed by atoms with Gasteiger partial charge in [0, 0.05) is 57.1 Å². The average Bonchev–Trinajstić information content (AvgIpc) is 3.11. The normalized spacial score (nSPS) is 16.0. The molecule has 2 aliphatic rings. The molecule has 4 aromatic rings. The SMILES string of the molecule is COc1ccc2c(c1)CCN(C1CCN(c3cc(C(=O)c4cc(C)c5c(c4)n(C)c(=O)n5C)ncn3)CC1)C(=O)N2. The average molecular weight is 556 g/mol. The Balaban J connectivity index is 1.15. The van der Waals surface area contributed by atoms with E-state index in [0.29, 0.717) is 42.2 Å². The van der Waals surface area contributed by atoms with Gasteiger partial charge in [-0.05, 0) is 67.6 Å². The molecule has 41 heavy (non-hydrogen) atoms. The van der Waals surface area contributed by atoms with E-state index in [-0.39, 0.29) is 23.5 Å². The van der Waals surface area contributed by atoms with Crippen molar-refractivity contribution in [2.24, 2.45) is 14.1 Å². The molecule has 0 aliphatic carbocycles. The van der Waals surface area contributed by atoms with Crippen LogP contribution in [0.4, 0.5) is 16.3 Å². The van der Waals surface area contributed by atoms with Crippen molar-refractivity contribution in [3.8, 4) is 5.75 Å². The number of ketones is 1. The van der Waals surface area contributed by atoms with Gasteiger partial charge in [-0.3, -0.25) is 13.9 Å². The molecule has 2 aromatic carbocycles. The third-order valence-corrected chi connectivity index (χ3v) is 8.36. The van der Waals surface area contributed by atoms with Crippen molar-refractivity contribution < 1.29 is 14.3 Å². The quantitative estimate of drug-likeness (QED) is 0.376. The Morgan fingerprint density at radius 3 is 2.54 bits per heavy atom. The monoisotopic (exact) mass is 555 g/mol. The van der Waals surface area contributed by atoms with Crippen LogP contribution in [-0.4, -0.2) is 68.6 Å². The Morgan fingerprint density at radius 1 is 1.00 bits per heavy atom. The molecule has 0 saturated carbocycles. The molecule has 0 atom stereocenters. The summed E-state index contributed by atoms with van der Waals surface area (Å²) in [4.78, 5) is 51.8. The molecule has 11 heteroatoms. The van der Waals surface area contributed by atoms with E-state index >= 15 is 0 Å². The number of carbonyl (C=O) groups excluding carboxylic acids is 2. The number of aromatic nitrogens is 4. The Hall–Kier alpha value is -4.67. The smallest absolute Gasteiger partial charge is 0.328 e. The summed E-state index contributed by atoms with van der Waals surface area (Å²) in [7, 11) is 5.08. The minimum absolute atomic E-state index is 0.0783. The summed E-state index contributed by atoms with van der Waals surface area (Å²) in [6, 6.07) is 11.1. The van der Waals surface area contributed by atoms with Crippen LogP contribution in [0.1, 0.15) is 40.0 Å². The number of nitrogens with one attached hydrogen (secondary N) is 1. The number of rotatable bonds is 5. The van der Waals surface area contributed by atoms with Crippen molar-refractivity contribution in [1.29, 1.82) is 0 Å². The number of hydrogen-bond donors (Lipinski definition) is 1. The van der Waals surface area contributed by atoms with Crippen molar-refractivity contribution in [2.45, 2.75) is 32.2 Å². The summed E-state index contributed by atoms with van der Waals surface area (Å²) in [5.41, 5.74) is 4.91. The predicted octanol–water partition coefficient (Wildman–Crippen LogP) is 3.27. The summed E-state index contributed by atoms with van der Waals surface area (Å²) >= 11 is 0. The zero-order chi connectivity index (χ0) is 28.8. The van der Waals surface area contributed by atoms with E-state index in [1.165, 1.54) is 6.33 Å². The molecule has 2 amide bonds. The molecule has 2 aromatic heterocycles. The van der Waals surface area contributed by atoms with Crippen LogP contribution in [0.15, 0.2) is 47.5 Å². The van der Waals surface area contributed by atoms with Crippen molar-refractivity contribution in [3.05, 3.63) is 75.6 Å². The van der Waals surface area contributed by atoms with Gasteiger partial charge in [0.15, 0.2) is 0 Å². The highest BCUT2D eigenvalue weighted by molar-refractivity contribution is 6.09. The number of amides is 2. The molecule has 212 valence electrons. The number of imidazole rings is 1. The lowest BCUT2D eigenvalue weighted by Gasteiger charge is -2.38. The molecule has 4 heterocycles. The second-order valence-corrected chi connectivity index (χ2v) is 10.8. The Labute approximate surface area is 237 Å². The van der Waals surface area contributed by atoms with E-state index in [0.717, 1.165) is 47.3 Å². The highest BCUT2D eigenvalue weighted by Gasteiger charge is 2.31. The van der Waals surface area contributed by atoms with Crippen LogP contribution in [0.2, 0.25) is 0 Å². The zero-order valence-corrected chi connectivity index (χ0v) is 23.7. The highest BCUT2D eigenvalue weighted by atomic mass is 16.5. The Kier molecular flexibility index (Phi) is 6.72. The number of nitrogens with zero attached hydrogens (tertiary/aromatic N) is 6. The van der Waals surface area contributed by atoms with E-state index in [1.807, 2.05) is 30.0 Å². The third kappa shape index (κ3) is 4.71. The van der Waals surface area contributed by atoms with Gasteiger partial charge < -0.3 is 19.9 Å². The van der Waals surface area contributed by atoms with E-state index in [1.54, 1.807) is 48.5 Å². The largest absolute Gasteiger partial charge is 0.497 e. The number of carbonyl (C=O) groups is 2. The Bertz CT molecular complexity index is 1730. The fraction of sp³-hybridized carbons (Fsp3) is 0.367. The molecule has 0 bridgehead atoms. The molecule has 2 aliphatic heterocycles. The van der Waals surface area contributed by atoms with Gasteiger partial charge in [0.2, 0.25) is 5.78 Å². The maximum Gasteiger partial charge on any atom is 0.328 e. The number of anilines is 2. The number of hydrogen-bond acceptors (Lipinski definition) is 7. The minimum Gasteiger partial charge on any atom is -0.497 e. The number of methoxy groups -OCH3 is 1. The molecule has 0 radical (unpaired) electrons. The van der Waals surface area contributed by atoms with Crippen LogP contribution in [0.3, 0.4) is 0 Å². The lowest BCUT2D eigenvalue weighted by atomic mass is 10.0. The summed E-state index contributed by atoms with van der Waals surface area (Å²) in [6.07, 6.45) is 3.76. The van der Waals surface area contributed by atoms with E-state index < -0.39 is 0 Å². The highest BCUT2D eigenvalue weighted by Crippen LogP contribution is 2.29. The van der Waals surface area contributed by atoms with Gasteiger partial charge in [-0.1, -0.05) is 0 Å². The summed E-state index contributed by atoms with van der Waals surface area (Å²) in [5.74, 6) is 1.25. The first-order valence-corrected chi connectivity index (χ1v) is 13.8. The maximum absolute atomic E-state index is 13.5. The third-order valence-electron chi connectivity index (χ3n) is 8.36. The standard InChI is InChI=1S/C30H33N7O4/c1-18-13-20(15-25-27(18)35(3)30(40)34(25)2)28(38)24-16-26(32-17-31-24)36-10-8-21(9-11-36)37-12-7-19-14-22(41-4)5-6-23(19)33-29(37)39/h5-6,13-17,21H,7-12H2,1-4H3,(H,33,39). The molecule has 6 rings (SSSR count). The van der Waals surface area contributed by atoms with Gasteiger partial charge in [-0.15, -0.1) is 0 Å². The molecule has 1 N–H and O–H groups in total. The molecular formula is C30H33N7O4. The van der Waals surface area contributed by atoms with E-state index in [2.05, 4.69) is 20.2 Å². The minimum atomic E-state index is -0.220. The number of piperidine rings is 1. The first-order valence-electron chi connectivity index (χ1n) is 13.8. The van der Waals surface area contributed by atoms with Gasteiger partial charge in [0.1, 0.15) is 23.6 Å². The van der Waals surface area contributed by atoms with Crippen LogP contribution in [0, 0.1) is 6.92 Å². The predicted molar refractivity (Wildman–Crippen MR) is 156 cm³/mol. The fourth-order valence-corrected chi connectivity index (χ4v) is 6.11. The van der Waals surface area contributed by atoms with Gasteiger partial charge >= 0.3 is 11.7 Å². The number of fused-ring (bicyclic) bond motifs is 2. The van der Waals surface area contributed by atoms with Crippen molar-refractivity contribution in [2.75, 3.05) is 37.0 Å². The summed E-state index contributed by atoms with van der Waals surface area (Å²) in [6.45, 7) is 3.95. The molecule has 1 fully saturated rings. The lowest BCUT2D eigenvalue weighted by molar-refractivity contribution is 0.103. The number of benzene rings is 2. The lowest BCUT2D eigenvalue weighted by Crippen LogP contribution is -2.49. The first kappa shape index (κ1) is 26.5. The van der Waals surface area contributed by atoms with Gasteiger partial charge in [0.05, 0.1) is 18.1 Å². The molecular weight excluding hydrogens is 522 g/mol. The zero-order valence-electron chi connectivity index (χ0n) is 23.7. The number of ether oxygens (including phenoxy) is 1. The molecule has 0 spiro atoms. The fourth-order valence-electron chi connectivity index (χ4n) is 6.11. The van der Waals surface area contributed by atoms with Crippen molar-refractivity contribution >= 4 is 34.4 Å².